The Kier molecular flexibility index (Phi) is 5.83. The number of H-pyrrole nitrogens is 1. The molecule has 0 spiro atoms. The number of hydrogen-bond donors (Lipinski definition) is 4. The molecular formula is C23H24N6O2S. The number of fused-ring (bicyclic) bond motifs is 1. The normalized spacial score (nSPS) is 10.8. The van der Waals surface area contributed by atoms with Gasteiger partial charge in [0, 0.05) is 43.3 Å². The topological polar surface area (TPSA) is 116 Å². The number of nitrogens with two attached hydrogens (primary N) is 1. The average molecular weight is 449 g/mol. The zero-order chi connectivity index (χ0) is 22.8. The molecule has 0 aliphatic heterocycles. The third kappa shape index (κ3) is 4.02. The summed E-state index contributed by atoms with van der Waals surface area (Å²) in [5.74, 6) is -0.231. The summed E-state index contributed by atoms with van der Waals surface area (Å²) < 4.78 is 0. The lowest BCUT2D eigenvalue weighted by molar-refractivity contribution is 0.0958. The molecule has 5 N–H and O–H groups in total. The zero-order valence-corrected chi connectivity index (χ0v) is 18.8. The van der Waals surface area contributed by atoms with E-state index in [9.17, 15) is 9.59 Å². The molecule has 2 amide bonds. The number of amides is 2. The second kappa shape index (κ2) is 8.72. The van der Waals surface area contributed by atoms with E-state index in [0.717, 1.165) is 16.1 Å². The number of anilines is 3. The number of nitrogens with one attached hydrogen (secondary N) is 3. The predicted molar refractivity (Wildman–Crippen MR) is 131 cm³/mol. The van der Waals surface area contributed by atoms with Crippen molar-refractivity contribution in [2.75, 3.05) is 36.6 Å². The predicted octanol–water partition coefficient (Wildman–Crippen LogP) is 3.94. The average Bonchev–Trinajstić information content (AvgIpc) is 3.38. The van der Waals surface area contributed by atoms with Gasteiger partial charge in [0.05, 0.1) is 27.3 Å². The van der Waals surface area contributed by atoms with Gasteiger partial charge in [0.15, 0.2) is 0 Å². The molecule has 0 saturated carbocycles. The van der Waals surface area contributed by atoms with Crippen molar-refractivity contribution in [1.29, 1.82) is 0 Å². The van der Waals surface area contributed by atoms with Crippen molar-refractivity contribution in [3.63, 3.8) is 0 Å². The van der Waals surface area contributed by atoms with E-state index in [2.05, 4.69) is 20.6 Å². The van der Waals surface area contributed by atoms with Gasteiger partial charge in [-0.3, -0.25) is 14.6 Å². The summed E-state index contributed by atoms with van der Waals surface area (Å²) in [5, 5.41) is 6.39. The van der Waals surface area contributed by atoms with Crippen LogP contribution in [0.5, 0.6) is 0 Å². The van der Waals surface area contributed by atoms with E-state index in [4.69, 9.17) is 5.73 Å². The number of nitrogen functional groups attached to an aromatic ring is 1. The Hall–Kier alpha value is -3.85. The molecule has 0 bridgehead atoms. The van der Waals surface area contributed by atoms with Crippen molar-refractivity contribution in [2.24, 2.45) is 0 Å². The molecule has 0 saturated heterocycles. The lowest BCUT2D eigenvalue weighted by atomic mass is 10.1. The minimum absolute atomic E-state index is 0.271. The molecular weight excluding hydrogens is 424 g/mol. The minimum Gasteiger partial charge on any atom is -0.397 e. The van der Waals surface area contributed by atoms with Gasteiger partial charge in [-0.1, -0.05) is 0 Å². The van der Waals surface area contributed by atoms with Crippen molar-refractivity contribution in [3.05, 3.63) is 59.2 Å². The first-order valence-corrected chi connectivity index (χ1v) is 10.9. The maximum Gasteiger partial charge on any atom is 0.266 e. The molecule has 3 aromatic heterocycles. The Labute approximate surface area is 189 Å². The largest absolute Gasteiger partial charge is 0.397 e. The van der Waals surface area contributed by atoms with Crippen LogP contribution >= 0.6 is 11.3 Å². The standard InChI is InChI=1S/C23H24N6O2S/c1-4-26-23(31)20-14-11-17(29(2)3)15(24)12-16(14)27-21(20)28-22(30)19-6-5-18(32-19)13-7-9-25-10-8-13/h5-12,27H,4,24H2,1-3H3,(H,26,31)(H,28,30). The highest BCUT2D eigenvalue weighted by Gasteiger charge is 2.22. The monoisotopic (exact) mass is 448 g/mol. The summed E-state index contributed by atoms with van der Waals surface area (Å²) in [5.41, 5.74) is 9.59. The zero-order valence-electron chi connectivity index (χ0n) is 18.0. The number of thiophene rings is 1. The molecule has 164 valence electrons. The van der Waals surface area contributed by atoms with Gasteiger partial charge in [0.2, 0.25) is 0 Å². The summed E-state index contributed by atoms with van der Waals surface area (Å²) in [6.45, 7) is 2.31. The van der Waals surface area contributed by atoms with Crippen LogP contribution in [0.1, 0.15) is 27.0 Å². The van der Waals surface area contributed by atoms with Crippen LogP contribution in [0.3, 0.4) is 0 Å². The third-order valence-electron chi connectivity index (χ3n) is 5.03. The lowest BCUT2D eigenvalue weighted by Gasteiger charge is -2.15. The fraction of sp³-hybridized carbons (Fsp3) is 0.174. The highest BCUT2D eigenvalue weighted by Crippen LogP contribution is 2.34. The maximum absolute atomic E-state index is 13.0. The summed E-state index contributed by atoms with van der Waals surface area (Å²) in [7, 11) is 3.77. The molecule has 0 unspecified atom stereocenters. The van der Waals surface area contributed by atoms with E-state index in [-0.39, 0.29) is 11.8 Å². The van der Waals surface area contributed by atoms with E-state index < -0.39 is 0 Å². The van der Waals surface area contributed by atoms with Crippen molar-refractivity contribution in [2.45, 2.75) is 6.92 Å². The molecule has 0 radical (unpaired) electrons. The highest BCUT2D eigenvalue weighted by molar-refractivity contribution is 7.17. The van der Waals surface area contributed by atoms with Crippen molar-refractivity contribution in [3.8, 4) is 10.4 Å². The summed E-state index contributed by atoms with van der Waals surface area (Å²) in [6.07, 6.45) is 3.43. The van der Waals surface area contributed by atoms with Crippen LogP contribution in [0, 0.1) is 0 Å². The molecule has 1 aromatic carbocycles. The SMILES string of the molecule is CCNC(=O)c1c(NC(=O)c2ccc(-c3ccncc3)s2)[nH]c2cc(N)c(N(C)C)cc12. The van der Waals surface area contributed by atoms with Crippen LogP contribution in [-0.2, 0) is 0 Å². The van der Waals surface area contributed by atoms with E-state index in [0.29, 0.717) is 39.4 Å². The Bertz CT molecular complexity index is 1290. The number of nitrogens with zero attached hydrogens (tertiary/aromatic N) is 2. The van der Waals surface area contributed by atoms with E-state index >= 15 is 0 Å². The molecule has 4 rings (SSSR count). The smallest absolute Gasteiger partial charge is 0.266 e. The van der Waals surface area contributed by atoms with Crippen molar-refractivity contribution < 1.29 is 9.59 Å². The first kappa shape index (κ1) is 21.4. The number of aromatic nitrogens is 2. The second-order valence-corrected chi connectivity index (χ2v) is 8.52. The van der Waals surface area contributed by atoms with Gasteiger partial charge in [-0.05, 0) is 48.9 Å². The summed E-state index contributed by atoms with van der Waals surface area (Å²) in [6, 6.07) is 11.1. The number of carbonyl (C=O) groups is 2. The van der Waals surface area contributed by atoms with Crippen LogP contribution in [0.4, 0.5) is 17.2 Å². The minimum atomic E-state index is -0.298. The Balaban J connectivity index is 1.72. The molecule has 0 fully saturated rings. The van der Waals surface area contributed by atoms with Crippen LogP contribution in [0.25, 0.3) is 21.3 Å². The first-order valence-electron chi connectivity index (χ1n) is 10.1. The molecule has 3 heterocycles. The molecule has 8 nitrogen and oxygen atoms in total. The summed E-state index contributed by atoms with van der Waals surface area (Å²) >= 11 is 1.37. The Morgan fingerprint density at radius 1 is 1.12 bits per heavy atom. The first-order chi connectivity index (χ1) is 15.4. The van der Waals surface area contributed by atoms with Crippen LogP contribution in [0.2, 0.25) is 0 Å². The van der Waals surface area contributed by atoms with Gasteiger partial charge in [0.1, 0.15) is 5.82 Å². The van der Waals surface area contributed by atoms with Gasteiger partial charge >= 0.3 is 0 Å². The van der Waals surface area contributed by atoms with Gasteiger partial charge in [-0.2, -0.15) is 0 Å². The maximum atomic E-state index is 13.0. The van der Waals surface area contributed by atoms with E-state index in [1.165, 1.54) is 11.3 Å². The summed E-state index contributed by atoms with van der Waals surface area (Å²) in [4.78, 5) is 36.5. The number of benzene rings is 1. The Morgan fingerprint density at radius 3 is 2.56 bits per heavy atom. The Morgan fingerprint density at radius 2 is 1.88 bits per heavy atom. The van der Waals surface area contributed by atoms with Gasteiger partial charge in [-0.25, -0.2) is 0 Å². The molecule has 32 heavy (non-hydrogen) atoms. The molecule has 0 atom stereocenters. The number of rotatable bonds is 6. The van der Waals surface area contributed by atoms with Crippen LogP contribution < -0.4 is 21.3 Å². The third-order valence-corrected chi connectivity index (χ3v) is 6.16. The number of pyridine rings is 1. The molecule has 0 aliphatic carbocycles. The highest BCUT2D eigenvalue weighted by atomic mass is 32.1. The molecule has 0 aliphatic rings. The number of carbonyl (C=O) groups excluding carboxylic acids is 2. The van der Waals surface area contributed by atoms with Crippen LogP contribution in [-0.4, -0.2) is 42.4 Å². The quantitative estimate of drug-likeness (QED) is 0.333. The van der Waals surface area contributed by atoms with Crippen molar-refractivity contribution >= 4 is 51.2 Å². The van der Waals surface area contributed by atoms with Crippen molar-refractivity contribution in [1.82, 2.24) is 15.3 Å². The van der Waals surface area contributed by atoms with Gasteiger partial charge in [-0.15, -0.1) is 11.3 Å². The fourth-order valence-electron chi connectivity index (χ4n) is 3.52. The molecule has 9 heteroatoms. The van der Waals surface area contributed by atoms with Crippen LogP contribution in [0.15, 0.2) is 48.8 Å². The fourth-order valence-corrected chi connectivity index (χ4v) is 4.43. The number of hydrogen-bond acceptors (Lipinski definition) is 6. The van der Waals surface area contributed by atoms with Gasteiger partial charge in [0.25, 0.3) is 11.8 Å². The van der Waals surface area contributed by atoms with E-state index in [1.807, 2.05) is 50.2 Å². The van der Waals surface area contributed by atoms with E-state index in [1.54, 1.807) is 24.5 Å². The second-order valence-electron chi connectivity index (χ2n) is 7.44. The van der Waals surface area contributed by atoms with Gasteiger partial charge < -0.3 is 26.3 Å². The lowest BCUT2D eigenvalue weighted by Crippen LogP contribution is -2.24. The molecule has 4 aromatic rings. The number of aromatic amines is 1.